The summed E-state index contributed by atoms with van der Waals surface area (Å²) in [7, 11) is 0. The van der Waals surface area contributed by atoms with Crippen LogP contribution in [0.4, 0.5) is 0 Å². The van der Waals surface area contributed by atoms with Crippen molar-refractivity contribution in [1.82, 2.24) is 0 Å². The molecule has 4 unspecified atom stereocenters. The quantitative estimate of drug-likeness (QED) is 0.765. The molecule has 0 aromatic rings. The minimum atomic E-state index is -0.314. The molecule has 0 radical (unpaired) electrons. The van der Waals surface area contributed by atoms with Gasteiger partial charge in [-0.2, -0.15) is 0 Å². The van der Waals surface area contributed by atoms with E-state index in [9.17, 15) is 10.2 Å². The van der Waals surface area contributed by atoms with E-state index < -0.39 is 0 Å². The van der Waals surface area contributed by atoms with Crippen LogP contribution >= 0.6 is 0 Å². The van der Waals surface area contributed by atoms with Gasteiger partial charge >= 0.3 is 0 Å². The summed E-state index contributed by atoms with van der Waals surface area (Å²) in [6.07, 6.45) is 11.3. The number of aliphatic hydroxyl groups excluding tert-OH is 2. The molecule has 0 saturated heterocycles. The highest BCUT2D eigenvalue weighted by molar-refractivity contribution is 5.52. The lowest BCUT2D eigenvalue weighted by Gasteiger charge is -2.58. The van der Waals surface area contributed by atoms with E-state index >= 15 is 0 Å². The summed E-state index contributed by atoms with van der Waals surface area (Å²) in [5.41, 5.74) is 4.91. The number of fused-ring (bicyclic) bond motifs is 2. The Morgan fingerprint density at radius 3 is 1.44 bits per heavy atom. The van der Waals surface area contributed by atoms with E-state index in [1.54, 1.807) is 0 Å². The molecule has 25 heavy (non-hydrogen) atoms. The summed E-state index contributed by atoms with van der Waals surface area (Å²) in [6.45, 7) is 13.4. The summed E-state index contributed by atoms with van der Waals surface area (Å²) in [6, 6.07) is 0. The van der Waals surface area contributed by atoms with Gasteiger partial charge in [0.15, 0.2) is 0 Å². The molecule has 2 heteroatoms. The minimum Gasteiger partial charge on any atom is -0.388 e. The highest BCUT2D eigenvalue weighted by atomic mass is 16.3. The third-order valence-corrected chi connectivity index (χ3v) is 7.50. The van der Waals surface area contributed by atoms with Gasteiger partial charge in [0.05, 0.1) is 12.2 Å². The van der Waals surface area contributed by atoms with Gasteiger partial charge in [0.1, 0.15) is 0 Å². The number of rotatable bonds is 2. The molecule has 2 N–H and O–H groups in total. The fourth-order valence-electron chi connectivity index (χ4n) is 5.43. The highest BCUT2D eigenvalue weighted by Gasteiger charge is 2.58. The van der Waals surface area contributed by atoms with E-state index in [0.29, 0.717) is 0 Å². The Balaban J connectivity index is 1.63. The van der Waals surface area contributed by atoms with E-state index in [1.165, 1.54) is 22.3 Å². The molecule has 0 aromatic carbocycles. The Hall–Kier alpha value is -1.12. The van der Waals surface area contributed by atoms with E-state index in [1.807, 2.05) is 0 Å². The number of hydrogen-bond acceptors (Lipinski definition) is 2. The molecule has 0 heterocycles. The molecule has 136 valence electrons. The normalized spacial score (nSPS) is 39.5. The molecule has 2 saturated carbocycles. The molecule has 6 aliphatic rings. The van der Waals surface area contributed by atoms with Gasteiger partial charge in [0, 0.05) is 10.8 Å². The van der Waals surface area contributed by atoms with Crippen LogP contribution in [0.5, 0.6) is 0 Å². The van der Waals surface area contributed by atoms with Gasteiger partial charge in [0.2, 0.25) is 0 Å². The summed E-state index contributed by atoms with van der Waals surface area (Å²) in [5, 5.41) is 21.2. The zero-order valence-corrected chi connectivity index (χ0v) is 16.5. The minimum absolute atomic E-state index is 0.0554. The third kappa shape index (κ3) is 2.10. The average molecular weight is 341 g/mol. The largest absolute Gasteiger partial charge is 0.388 e. The van der Waals surface area contributed by atoms with Crippen LogP contribution in [0.15, 0.2) is 46.6 Å². The summed E-state index contributed by atoms with van der Waals surface area (Å²) < 4.78 is 0. The monoisotopic (exact) mass is 340 g/mol. The first-order valence-electron chi connectivity index (χ1n) is 9.60. The van der Waals surface area contributed by atoms with Crippen LogP contribution < -0.4 is 0 Å². The van der Waals surface area contributed by atoms with Gasteiger partial charge in [-0.3, -0.25) is 0 Å². The average Bonchev–Trinajstić information content (AvgIpc) is 2.51. The van der Waals surface area contributed by atoms with Crippen molar-refractivity contribution >= 4 is 0 Å². The molecular formula is C23H32O2. The molecular weight excluding hydrogens is 308 g/mol. The standard InChI is InChI=1S/C23H32O2/c1-20(2,3)22-10-14(8-16(12-22)18(22)24)7-15-9-17-13-23(11-15,19(17)25)21(4,5)6/h8-11,18-19,24-25H,7,12-13H2,1-6H3. The number of aliphatic hydroxyl groups is 2. The number of allylic oxidation sites excluding steroid dienone is 4. The van der Waals surface area contributed by atoms with Crippen LogP contribution in [0.1, 0.15) is 60.8 Å². The van der Waals surface area contributed by atoms with Crippen molar-refractivity contribution in [2.75, 3.05) is 0 Å². The Kier molecular flexibility index (Phi) is 3.31. The maximum absolute atomic E-state index is 10.6. The lowest BCUT2D eigenvalue weighted by molar-refractivity contribution is -0.0518. The van der Waals surface area contributed by atoms with E-state index in [2.05, 4.69) is 65.8 Å². The van der Waals surface area contributed by atoms with Gasteiger partial charge < -0.3 is 10.2 Å². The molecule has 0 amide bonds. The fraction of sp³-hybridized carbons (Fsp3) is 0.652. The molecule has 2 fully saturated rings. The first-order chi connectivity index (χ1) is 11.4. The molecule has 4 bridgehead atoms. The molecule has 0 aliphatic heterocycles. The molecule has 6 rings (SSSR count). The second-order valence-corrected chi connectivity index (χ2v) is 10.8. The second kappa shape index (κ2) is 4.78. The van der Waals surface area contributed by atoms with Crippen molar-refractivity contribution in [3.05, 3.63) is 46.6 Å². The van der Waals surface area contributed by atoms with Gasteiger partial charge in [-0.25, -0.2) is 0 Å². The first kappa shape index (κ1) is 17.3. The Morgan fingerprint density at radius 1 is 0.800 bits per heavy atom. The van der Waals surface area contributed by atoms with Gasteiger partial charge in [-0.1, -0.05) is 65.8 Å². The van der Waals surface area contributed by atoms with Crippen molar-refractivity contribution < 1.29 is 10.2 Å². The summed E-state index contributed by atoms with van der Waals surface area (Å²) >= 11 is 0. The van der Waals surface area contributed by atoms with Crippen molar-refractivity contribution in [1.29, 1.82) is 0 Å². The SMILES string of the molecule is CC(C)(C)C12C=C(CC3=CC4(C(C)(C)C)CC(=C3)C4O)C=C(C1)C2O. The zero-order valence-electron chi connectivity index (χ0n) is 16.5. The first-order valence-corrected chi connectivity index (χ1v) is 9.60. The van der Waals surface area contributed by atoms with Crippen LogP contribution in [0.3, 0.4) is 0 Å². The topological polar surface area (TPSA) is 40.5 Å². The van der Waals surface area contributed by atoms with Crippen LogP contribution in [-0.2, 0) is 0 Å². The van der Waals surface area contributed by atoms with E-state index in [-0.39, 0.29) is 33.9 Å². The predicted molar refractivity (Wildman–Crippen MR) is 102 cm³/mol. The van der Waals surface area contributed by atoms with Crippen molar-refractivity contribution in [2.24, 2.45) is 21.7 Å². The van der Waals surface area contributed by atoms with Gasteiger partial charge in [-0.15, -0.1) is 0 Å². The maximum atomic E-state index is 10.6. The second-order valence-electron chi connectivity index (χ2n) is 10.8. The van der Waals surface area contributed by atoms with Crippen molar-refractivity contribution in [3.63, 3.8) is 0 Å². The molecule has 2 nitrogen and oxygen atoms in total. The van der Waals surface area contributed by atoms with E-state index in [4.69, 9.17) is 0 Å². The predicted octanol–water partition coefficient (Wildman–Crippen LogP) is 4.70. The maximum Gasteiger partial charge on any atom is 0.0852 e. The zero-order chi connectivity index (χ0) is 18.4. The Labute approximate surface area is 152 Å². The smallest absolute Gasteiger partial charge is 0.0852 e. The Morgan fingerprint density at radius 2 is 1.16 bits per heavy atom. The van der Waals surface area contributed by atoms with Crippen LogP contribution in [0.25, 0.3) is 0 Å². The van der Waals surface area contributed by atoms with Crippen molar-refractivity contribution in [2.45, 2.75) is 73.0 Å². The van der Waals surface area contributed by atoms with Gasteiger partial charge in [0.25, 0.3) is 0 Å². The van der Waals surface area contributed by atoms with Crippen LogP contribution in [0.2, 0.25) is 0 Å². The van der Waals surface area contributed by atoms with E-state index in [0.717, 1.165) is 19.3 Å². The molecule has 6 aliphatic carbocycles. The highest BCUT2D eigenvalue weighted by Crippen LogP contribution is 2.62. The summed E-state index contributed by atoms with van der Waals surface area (Å²) in [4.78, 5) is 0. The van der Waals surface area contributed by atoms with Crippen LogP contribution in [-0.4, -0.2) is 22.4 Å². The molecule has 4 atom stereocenters. The number of hydrogen-bond donors (Lipinski definition) is 2. The fourth-order valence-corrected chi connectivity index (χ4v) is 5.43. The lowest BCUT2D eigenvalue weighted by Crippen LogP contribution is -2.56. The van der Waals surface area contributed by atoms with Gasteiger partial charge in [-0.05, 0) is 52.4 Å². The summed E-state index contributed by atoms with van der Waals surface area (Å²) in [5.74, 6) is 0. The van der Waals surface area contributed by atoms with Crippen LogP contribution in [0, 0.1) is 21.7 Å². The third-order valence-electron chi connectivity index (χ3n) is 7.50. The molecule has 0 aromatic heterocycles. The lowest BCUT2D eigenvalue weighted by atomic mass is 9.47. The Bertz CT molecular complexity index is 686. The molecule has 0 spiro atoms. The van der Waals surface area contributed by atoms with Crippen molar-refractivity contribution in [3.8, 4) is 0 Å².